The monoisotopic (exact) mass is 154 g/mol. The minimum Gasteiger partial charge on any atom is -0.327 e. The first-order valence-electron chi connectivity index (χ1n) is 4.73. The van der Waals surface area contributed by atoms with Gasteiger partial charge in [-0.25, -0.2) is 0 Å². The number of nitrogens with two attached hydrogens (primary N) is 1. The van der Waals surface area contributed by atoms with E-state index < -0.39 is 0 Å². The van der Waals surface area contributed by atoms with E-state index in [1.807, 2.05) is 0 Å². The Hall–Kier alpha value is -0.0800. The summed E-state index contributed by atoms with van der Waals surface area (Å²) >= 11 is 0. The fourth-order valence-electron chi connectivity index (χ4n) is 2.17. The highest BCUT2D eigenvalue weighted by Gasteiger charge is 2.36. The predicted molar refractivity (Wildman–Crippen MR) is 46.4 cm³/mol. The van der Waals surface area contributed by atoms with Gasteiger partial charge in [-0.1, -0.05) is 0 Å². The molecule has 2 fully saturated rings. The maximum Gasteiger partial charge on any atom is 0.00959 e. The van der Waals surface area contributed by atoms with Crippen LogP contribution in [0, 0.1) is 5.92 Å². The van der Waals surface area contributed by atoms with Crippen LogP contribution in [0.3, 0.4) is 0 Å². The average Bonchev–Trinajstić information content (AvgIpc) is 2.48. The van der Waals surface area contributed by atoms with E-state index >= 15 is 0 Å². The average molecular weight is 154 g/mol. The van der Waals surface area contributed by atoms with E-state index in [9.17, 15) is 0 Å². The van der Waals surface area contributed by atoms with Crippen molar-refractivity contribution in [3.63, 3.8) is 0 Å². The van der Waals surface area contributed by atoms with Gasteiger partial charge in [0, 0.05) is 12.1 Å². The van der Waals surface area contributed by atoms with Gasteiger partial charge < -0.3 is 10.6 Å². The van der Waals surface area contributed by atoms with Gasteiger partial charge in [0.25, 0.3) is 0 Å². The molecule has 0 aromatic carbocycles. The highest BCUT2D eigenvalue weighted by atomic mass is 15.1. The third kappa shape index (κ3) is 1.57. The van der Waals surface area contributed by atoms with Crippen LogP contribution >= 0.6 is 0 Å². The van der Waals surface area contributed by atoms with Gasteiger partial charge in [0.1, 0.15) is 0 Å². The molecule has 0 radical (unpaired) electrons. The Labute approximate surface area is 68.7 Å². The van der Waals surface area contributed by atoms with Gasteiger partial charge in [0.15, 0.2) is 0 Å². The van der Waals surface area contributed by atoms with Gasteiger partial charge >= 0.3 is 0 Å². The largest absolute Gasteiger partial charge is 0.327 e. The lowest BCUT2D eigenvalue weighted by Gasteiger charge is -2.18. The Morgan fingerprint density at radius 3 is 2.73 bits per heavy atom. The zero-order chi connectivity index (χ0) is 7.84. The first-order valence-corrected chi connectivity index (χ1v) is 4.73. The summed E-state index contributed by atoms with van der Waals surface area (Å²) in [5.41, 5.74) is 5.77. The molecule has 1 aliphatic carbocycles. The first kappa shape index (κ1) is 7.56. The first-order chi connectivity index (χ1) is 5.27. The summed E-state index contributed by atoms with van der Waals surface area (Å²) in [5.74, 6) is 0.862. The number of likely N-dealkylation sites (tertiary alicyclic amines) is 1. The lowest BCUT2D eigenvalue weighted by Crippen LogP contribution is -2.25. The molecule has 1 saturated carbocycles. The Bertz CT molecular complexity index is 146. The molecule has 0 aromatic heterocycles. The third-order valence-corrected chi connectivity index (χ3v) is 3.22. The van der Waals surface area contributed by atoms with Gasteiger partial charge in [-0.05, 0) is 45.2 Å². The lowest BCUT2D eigenvalue weighted by molar-refractivity contribution is 0.285. The van der Waals surface area contributed by atoms with E-state index in [1.165, 1.54) is 32.2 Å². The quantitative estimate of drug-likeness (QED) is 0.638. The van der Waals surface area contributed by atoms with E-state index in [2.05, 4.69) is 11.9 Å². The molecule has 0 bridgehead atoms. The minimum absolute atomic E-state index is 0.545. The van der Waals surface area contributed by atoms with E-state index in [1.54, 1.807) is 0 Å². The topological polar surface area (TPSA) is 29.3 Å². The minimum atomic E-state index is 0.545. The number of hydrogen-bond acceptors (Lipinski definition) is 2. The molecule has 11 heavy (non-hydrogen) atoms. The highest BCUT2D eigenvalue weighted by molar-refractivity contribution is 4.94. The molecule has 2 rings (SSSR count). The maximum atomic E-state index is 5.77. The number of nitrogens with zero attached hydrogens (tertiary/aromatic N) is 1. The van der Waals surface area contributed by atoms with Gasteiger partial charge in [0.05, 0.1) is 0 Å². The number of hydrogen-bond donors (Lipinski definition) is 1. The number of rotatable bonds is 2. The molecule has 2 nitrogen and oxygen atoms in total. The van der Waals surface area contributed by atoms with Crippen LogP contribution in [-0.2, 0) is 0 Å². The van der Waals surface area contributed by atoms with Crippen molar-refractivity contribution in [3.8, 4) is 0 Å². The van der Waals surface area contributed by atoms with E-state index in [-0.39, 0.29) is 0 Å². The van der Waals surface area contributed by atoms with Crippen molar-refractivity contribution in [3.05, 3.63) is 0 Å². The Kier molecular flexibility index (Phi) is 1.90. The van der Waals surface area contributed by atoms with E-state index in [0.717, 1.165) is 12.0 Å². The third-order valence-electron chi connectivity index (χ3n) is 3.22. The van der Waals surface area contributed by atoms with Crippen LogP contribution in [-0.4, -0.2) is 30.6 Å². The summed E-state index contributed by atoms with van der Waals surface area (Å²) in [4.78, 5) is 2.49. The van der Waals surface area contributed by atoms with E-state index in [4.69, 9.17) is 5.73 Å². The smallest absolute Gasteiger partial charge is 0.00959 e. The van der Waals surface area contributed by atoms with Crippen molar-refractivity contribution in [2.24, 2.45) is 11.7 Å². The van der Waals surface area contributed by atoms with Crippen LogP contribution in [0.25, 0.3) is 0 Å². The van der Waals surface area contributed by atoms with Gasteiger partial charge in [-0.15, -0.1) is 0 Å². The summed E-state index contributed by atoms with van der Waals surface area (Å²) in [6, 6.07) is 1.40. The zero-order valence-corrected chi connectivity index (χ0v) is 7.29. The molecule has 0 spiro atoms. The molecule has 64 valence electrons. The van der Waals surface area contributed by atoms with Gasteiger partial charge in [-0.2, -0.15) is 0 Å². The van der Waals surface area contributed by atoms with Crippen LogP contribution in [0.15, 0.2) is 0 Å². The highest BCUT2D eigenvalue weighted by Crippen LogP contribution is 2.35. The summed E-state index contributed by atoms with van der Waals surface area (Å²) in [7, 11) is 2.24. The second-order valence-corrected chi connectivity index (χ2v) is 4.17. The lowest BCUT2D eigenvalue weighted by atomic mass is 10.1. The van der Waals surface area contributed by atoms with Crippen LogP contribution in [0.2, 0.25) is 0 Å². The van der Waals surface area contributed by atoms with Crippen LogP contribution < -0.4 is 5.73 Å². The molecule has 2 heteroatoms. The van der Waals surface area contributed by atoms with Crippen molar-refractivity contribution in [2.45, 2.75) is 37.8 Å². The standard InChI is InChI=1S/C9H18N2/c1-11-4-2-3-8(11)5-7-6-9(7)10/h7-9H,2-6,10H2,1H3. The maximum absolute atomic E-state index is 5.77. The molecular weight excluding hydrogens is 136 g/mol. The fourth-order valence-corrected chi connectivity index (χ4v) is 2.17. The fraction of sp³-hybridized carbons (Fsp3) is 1.00. The molecule has 1 aliphatic heterocycles. The normalized spacial score (nSPS) is 44.7. The molecule has 0 amide bonds. The molecular formula is C9H18N2. The molecule has 2 N–H and O–H groups in total. The van der Waals surface area contributed by atoms with Crippen molar-refractivity contribution < 1.29 is 0 Å². The molecule has 1 saturated heterocycles. The van der Waals surface area contributed by atoms with Gasteiger partial charge in [0.2, 0.25) is 0 Å². The van der Waals surface area contributed by atoms with Crippen molar-refractivity contribution in [2.75, 3.05) is 13.6 Å². The second-order valence-electron chi connectivity index (χ2n) is 4.17. The molecule has 3 atom stereocenters. The van der Waals surface area contributed by atoms with Gasteiger partial charge in [-0.3, -0.25) is 0 Å². The molecule has 0 aromatic rings. The van der Waals surface area contributed by atoms with Crippen molar-refractivity contribution in [1.29, 1.82) is 0 Å². The SMILES string of the molecule is CN1CCCC1CC1CC1N. The molecule has 2 aliphatic rings. The van der Waals surface area contributed by atoms with E-state index in [0.29, 0.717) is 6.04 Å². The summed E-state index contributed by atoms with van der Waals surface area (Å²) < 4.78 is 0. The van der Waals surface area contributed by atoms with Crippen molar-refractivity contribution in [1.82, 2.24) is 4.90 Å². The molecule has 1 heterocycles. The van der Waals surface area contributed by atoms with Crippen LogP contribution in [0.1, 0.15) is 25.7 Å². The molecule has 3 unspecified atom stereocenters. The zero-order valence-electron chi connectivity index (χ0n) is 7.29. The van der Waals surface area contributed by atoms with Crippen molar-refractivity contribution >= 4 is 0 Å². The predicted octanol–water partition coefficient (Wildman–Crippen LogP) is 0.818. The summed E-state index contributed by atoms with van der Waals surface area (Å²) in [6.45, 7) is 1.30. The van der Waals surface area contributed by atoms with Crippen LogP contribution in [0.4, 0.5) is 0 Å². The Morgan fingerprint density at radius 2 is 2.27 bits per heavy atom. The second kappa shape index (κ2) is 2.76. The summed E-state index contributed by atoms with van der Waals surface area (Å²) in [5, 5.41) is 0. The van der Waals surface area contributed by atoms with Crippen LogP contribution in [0.5, 0.6) is 0 Å². The summed E-state index contributed by atoms with van der Waals surface area (Å²) in [6.07, 6.45) is 5.44. The Balaban J connectivity index is 1.77. The Morgan fingerprint density at radius 1 is 1.55 bits per heavy atom.